The predicted octanol–water partition coefficient (Wildman–Crippen LogP) is 3.95. The first-order chi connectivity index (χ1) is 13.4. The fourth-order valence-corrected chi connectivity index (χ4v) is 3.23. The molecule has 2 aromatic heterocycles. The van der Waals surface area contributed by atoms with E-state index in [0.717, 1.165) is 18.5 Å². The highest BCUT2D eigenvalue weighted by molar-refractivity contribution is 6.36. The Hall–Kier alpha value is -2.64. The molecule has 28 heavy (non-hydrogen) atoms. The second kappa shape index (κ2) is 7.41. The number of nitrogens with one attached hydrogen (secondary N) is 2. The number of hydrogen-bond donors (Lipinski definition) is 2. The van der Waals surface area contributed by atoms with E-state index in [9.17, 15) is 9.59 Å². The van der Waals surface area contributed by atoms with Crippen LogP contribution in [0.3, 0.4) is 0 Å². The number of amides is 1. The first-order valence-electron chi connectivity index (χ1n) is 8.91. The van der Waals surface area contributed by atoms with Gasteiger partial charge in [0.15, 0.2) is 0 Å². The summed E-state index contributed by atoms with van der Waals surface area (Å²) < 4.78 is 1.45. The summed E-state index contributed by atoms with van der Waals surface area (Å²) in [5.74, 6) is 0.584. The van der Waals surface area contributed by atoms with E-state index in [1.54, 1.807) is 18.2 Å². The van der Waals surface area contributed by atoms with Crippen LogP contribution in [0.1, 0.15) is 47.4 Å². The molecule has 2 heterocycles. The van der Waals surface area contributed by atoms with Crippen LogP contribution in [0.2, 0.25) is 10.0 Å². The number of halogens is 2. The van der Waals surface area contributed by atoms with Crippen LogP contribution in [0, 0.1) is 0 Å². The Morgan fingerprint density at radius 3 is 2.79 bits per heavy atom. The Labute approximate surface area is 170 Å². The third kappa shape index (κ3) is 3.81. The van der Waals surface area contributed by atoms with Gasteiger partial charge in [-0.3, -0.25) is 14.6 Å². The SMILES string of the molecule is CCc1cc(=O)[nH]c(-n2nc(C3CC3)cc2NC(=O)c2cc(Cl)ccc2Cl)n1. The van der Waals surface area contributed by atoms with Crippen LogP contribution in [0.25, 0.3) is 5.95 Å². The fourth-order valence-electron chi connectivity index (χ4n) is 2.86. The van der Waals surface area contributed by atoms with Crippen LogP contribution >= 0.6 is 23.2 Å². The van der Waals surface area contributed by atoms with Crippen LogP contribution < -0.4 is 10.9 Å². The Morgan fingerprint density at radius 1 is 1.29 bits per heavy atom. The van der Waals surface area contributed by atoms with Crippen LogP contribution in [0.15, 0.2) is 35.1 Å². The highest BCUT2D eigenvalue weighted by Crippen LogP contribution is 2.40. The molecule has 0 spiro atoms. The summed E-state index contributed by atoms with van der Waals surface area (Å²) >= 11 is 12.1. The number of aromatic nitrogens is 4. The first-order valence-corrected chi connectivity index (χ1v) is 9.67. The topological polar surface area (TPSA) is 92.7 Å². The zero-order valence-corrected chi connectivity index (χ0v) is 16.5. The lowest BCUT2D eigenvalue weighted by Gasteiger charge is -2.10. The van der Waals surface area contributed by atoms with Crippen LogP contribution in [0.4, 0.5) is 5.82 Å². The molecule has 3 aromatic rings. The molecular formula is C19H17Cl2N5O2. The minimum absolute atomic E-state index is 0.249. The van der Waals surface area contributed by atoms with Gasteiger partial charge in [-0.25, -0.2) is 4.98 Å². The smallest absolute Gasteiger partial charge is 0.258 e. The number of H-pyrrole nitrogens is 1. The lowest BCUT2D eigenvalue weighted by Crippen LogP contribution is -2.19. The van der Waals surface area contributed by atoms with Crippen molar-refractivity contribution in [3.8, 4) is 5.95 Å². The number of aromatic amines is 1. The van der Waals surface area contributed by atoms with Gasteiger partial charge in [0.05, 0.1) is 16.3 Å². The third-order valence-electron chi connectivity index (χ3n) is 4.48. The molecule has 7 nitrogen and oxygen atoms in total. The molecule has 1 aromatic carbocycles. The second-order valence-corrected chi connectivity index (χ2v) is 7.48. The zero-order chi connectivity index (χ0) is 19.8. The number of anilines is 1. The highest BCUT2D eigenvalue weighted by Gasteiger charge is 2.28. The van der Waals surface area contributed by atoms with Crippen molar-refractivity contribution in [1.29, 1.82) is 0 Å². The van der Waals surface area contributed by atoms with Crippen LogP contribution in [0.5, 0.6) is 0 Å². The van der Waals surface area contributed by atoms with Crippen molar-refractivity contribution in [2.45, 2.75) is 32.1 Å². The number of nitrogens with zero attached hydrogens (tertiary/aromatic N) is 3. The zero-order valence-electron chi connectivity index (χ0n) is 15.0. The van der Waals surface area contributed by atoms with Crippen molar-refractivity contribution in [3.05, 3.63) is 67.7 Å². The lowest BCUT2D eigenvalue weighted by molar-refractivity contribution is 0.102. The van der Waals surface area contributed by atoms with Crippen molar-refractivity contribution in [1.82, 2.24) is 19.7 Å². The van der Waals surface area contributed by atoms with Gasteiger partial charge in [0.25, 0.3) is 11.5 Å². The van der Waals surface area contributed by atoms with E-state index in [1.165, 1.54) is 16.8 Å². The summed E-state index contributed by atoms with van der Waals surface area (Å²) in [6.07, 6.45) is 2.69. The minimum Gasteiger partial charge on any atom is -0.306 e. The van der Waals surface area contributed by atoms with Gasteiger partial charge in [0, 0.05) is 28.8 Å². The Balaban J connectivity index is 1.74. The Morgan fingerprint density at radius 2 is 2.07 bits per heavy atom. The van der Waals surface area contributed by atoms with Crippen molar-refractivity contribution in [2.75, 3.05) is 5.32 Å². The lowest BCUT2D eigenvalue weighted by atomic mass is 10.2. The van der Waals surface area contributed by atoms with Crippen molar-refractivity contribution in [3.63, 3.8) is 0 Å². The van der Waals surface area contributed by atoms with E-state index in [4.69, 9.17) is 23.2 Å². The molecule has 1 aliphatic rings. The molecule has 0 saturated heterocycles. The molecule has 0 aliphatic heterocycles. The molecule has 2 N–H and O–H groups in total. The minimum atomic E-state index is -0.426. The van der Waals surface area contributed by atoms with Gasteiger partial charge >= 0.3 is 0 Å². The van der Waals surface area contributed by atoms with E-state index in [2.05, 4.69) is 20.4 Å². The first kappa shape index (κ1) is 18.7. The fraction of sp³-hybridized carbons (Fsp3) is 0.263. The van der Waals surface area contributed by atoms with Gasteiger partial charge in [-0.15, -0.1) is 0 Å². The molecule has 4 rings (SSSR count). The van der Waals surface area contributed by atoms with Gasteiger partial charge in [-0.1, -0.05) is 30.1 Å². The van der Waals surface area contributed by atoms with E-state index in [1.807, 2.05) is 6.92 Å². The third-order valence-corrected chi connectivity index (χ3v) is 5.05. The van der Waals surface area contributed by atoms with Crippen molar-refractivity contribution in [2.24, 2.45) is 0 Å². The molecule has 0 bridgehead atoms. The van der Waals surface area contributed by atoms with Gasteiger partial charge in [0.1, 0.15) is 5.82 Å². The average Bonchev–Trinajstić information content (AvgIpc) is 3.44. The predicted molar refractivity (Wildman–Crippen MR) is 108 cm³/mol. The van der Waals surface area contributed by atoms with E-state index in [0.29, 0.717) is 28.9 Å². The molecule has 9 heteroatoms. The van der Waals surface area contributed by atoms with Gasteiger partial charge in [0.2, 0.25) is 5.95 Å². The van der Waals surface area contributed by atoms with Crippen LogP contribution in [-0.4, -0.2) is 25.7 Å². The molecular weight excluding hydrogens is 401 g/mol. The second-order valence-electron chi connectivity index (χ2n) is 6.63. The quantitative estimate of drug-likeness (QED) is 0.656. The summed E-state index contributed by atoms with van der Waals surface area (Å²) in [5, 5.41) is 8.06. The van der Waals surface area contributed by atoms with E-state index in [-0.39, 0.29) is 22.1 Å². The summed E-state index contributed by atoms with van der Waals surface area (Å²) in [4.78, 5) is 31.9. The van der Waals surface area contributed by atoms with Gasteiger partial charge < -0.3 is 5.32 Å². The number of aryl methyl sites for hydroxylation is 1. The number of carbonyl (C=O) groups excluding carboxylic acids is 1. The average molecular weight is 418 g/mol. The monoisotopic (exact) mass is 417 g/mol. The van der Waals surface area contributed by atoms with Crippen molar-refractivity contribution >= 4 is 34.9 Å². The molecule has 1 saturated carbocycles. The van der Waals surface area contributed by atoms with E-state index >= 15 is 0 Å². The maximum atomic E-state index is 12.8. The molecule has 0 atom stereocenters. The molecule has 1 fully saturated rings. The normalized spacial score (nSPS) is 13.5. The maximum absolute atomic E-state index is 12.8. The van der Waals surface area contributed by atoms with E-state index < -0.39 is 5.91 Å². The largest absolute Gasteiger partial charge is 0.306 e. The molecule has 144 valence electrons. The maximum Gasteiger partial charge on any atom is 0.258 e. The molecule has 0 unspecified atom stereocenters. The van der Waals surface area contributed by atoms with Crippen molar-refractivity contribution < 1.29 is 4.79 Å². The molecule has 1 aliphatic carbocycles. The van der Waals surface area contributed by atoms with Crippen LogP contribution in [-0.2, 0) is 6.42 Å². The Bertz CT molecular complexity index is 1120. The van der Waals surface area contributed by atoms with Gasteiger partial charge in [-0.05, 0) is 37.5 Å². The number of hydrogen-bond acceptors (Lipinski definition) is 4. The standard InChI is InChI=1S/C19H17Cl2N5O2/c1-2-12-8-17(27)24-19(22-12)26-16(9-15(25-26)10-3-4-10)23-18(28)13-7-11(20)5-6-14(13)21/h5-10H,2-4H2,1H3,(H,23,28)(H,22,24,27). The highest BCUT2D eigenvalue weighted by atomic mass is 35.5. The number of benzene rings is 1. The number of carbonyl (C=O) groups is 1. The summed E-state index contributed by atoms with van der Waals surface area (Å²) in [7, 11) is 0. The number of rotatable bonds is 5. The van der Waals surface area contributed by atoms with Gasteiger partial charge in [-0.2, -0.15) is 9.78 Å². The summed E-state index contributed by atoms with van der Waals surface area (Å²) in [5.41, 5.74) is 1.45. The summed E-state index contributed by atoms with van der Waals surface area (Å²) in [6, 6.07) is 7.92. The molecule has 0 radical (unpaired) electrons. The molecule has 1 amide bonds. The summed E-state index contributed by atoms with van der Waals surface area (Å²) in [6.45, 7) is 1.91. The Kier molecular flexibility index (Phi) is 4.95.